The van der Waals surface area contributed by atoms with Gasteiger partial charge in [0.2, 0.25) is 10.0 Å². The Morgan fingerprint density at radius 2 is 1.82 bits per heavy atom. The number of fused-ring (bicyclic) bond motifs is 1. The first-order valence-electron chi connectivity index (χ1n) is 10.0. The smallest absolute Gasteiger partial charge is 0.338 e. The first kappa shape index (κ1) is 24.3. The van der Waals surface area contributed by atoms with Crippen LogP contribution in [-0.4, -0.2) is 65.6 Å². The van der Waals surface area contributed by atoms with Crippen LogP contribution in [0.5, 0.6) is 17.2 Å². The highest BCUT2D eigenvalue weighted by Gasteiger charge is 2.26. The van der Waals surface area contributed by atoms with Crippen LogP contribution in [0.3, 0.4) is 0 Å². The number of methoxy groups -OCH3 is 2. The number of benzene rings is 2. The molecule has 178 valence electrons. The molecule has 2 aromatic rings. The van der Waals surface area contributed by atoms with E-state index in [0.717, 1.165) is 9.87 Å². The SMILES string of the molecule is COc1ccc(S(=O)(=O)N(C)C)cc1NC(=O)COC(=O)c1cc2c(c(OC)c1)OC(C)C2. The van der Waals surface area contributed by atoms with Crippen molar-refractivity contribution in [3.8, 4) is 17.2 Å². The predicted octanol–water partition coefficient (Wildman–Crippen LogP) is 2.07. The summed E-state index contributed by atoms with van der Waals surface area (Å²) in [4.78, 5) is 24.9. The van der Waals surface area contributed by atoms with Gasteiger partial charge in [0.1, 0.15) is 11.9 Å². The van der Waals surface area contributed by atoms with Crippen LogP contribution in [-0.2, 0) is 26.0 Å². The number of nitrogens with one attached hydrogen (secondary N) is 1. The van der Waals surface area contributed by atoms with E-state index in [0.29, 0.717) is 17.9 Å². The van der Waals surface area contributed by atoms with Crippen LogP contribution in [0.15, 0.2) is 35.2 Å². The third kappa shape index (κ3) is 5.20. The summed E-state index contributed by atoms with van der Waals surface area (Å²) in [6.45, 7) is 1.33. The highest BCUT2D eigenvalue weighted by Crippen LogP contribution is 2.39. The molecule has 2 aromatic carbocycles. The minimum atomic E-state index is -3.72. The van der Waals surface area contributed by atoms with Crippen molar-refractivity contribution in [3.05, 3.63) is 41.5 Å². The molecule has 0 fully saturated rings. The number of amides is 1. The maximum absolute atomic E-state index is 12.5. The van der Waals surface area contributed by atoms with Gasteiger partial charge in [0.15, 0.2) is 18.1 Å². The van der Waals surface area contributed by atoms with E-state index in [1.165, 1.54) is 52.6 Å². The van der Waals surface area contributed by atoms with Crippen LogP contribution in [0.2, 0.25) is 0 Å². The number of ether oxygens (including phenoxy) is 4. The average Bonchev–Trinajstić information content (AvgIpc) is 3.16. The van der Waals surface area contributed by atoms with Crippen molar-refractivity contribution in [1.82, 2.24) is 4.31 Å². The van der Waals surface area contributed by atoms with Gasteiger partial charge in [-0.3, -0.25) is 4.79 Å². The molecule has 0 saturated heterocycles. The maximum Gasteiger partial charge on any atom is 0.338 e. The van der Waals surface area contributed by atoms with Gasteiger partial charge in [-0.1, -0.05) is 0 Å². The molecule has 1 amide bonds. The van der Waals surface area contributed by atoms with Crippen molar-refractivity contribution < 1.29 is 37.0 Å². The zero-order valence-electron chi connectivity index (χ0n) is 19.0. The summed E-state index contributed by atoms with van der Waals surface area (Å²) in [5.74, 6) is -0.103. The molecule has 0 radical (unpaired) electrons. The number of rotatable bonds is 8. The molecule has 1 atom stereocenters. The number of carbonyl (C=O) groups excluding carboxylic acids is 2. The van der Waals surface area contributed by atoms with Gasteiger partial charge in [0.05, 0.1) is 30.4 Å². The summed E-state index contributed by atoms with van der Waals surface area (Å²) in [7, 11) is 1.94. The lowest BCUT2D eigenvalue weighted by atomic mass is 10.1. The molecule has 0 spiro atoms. The molecule has 1 unspecified atom stereocenters. The summed E-state index contributed by atoms with van der Waals surface area (Å²) in [6.07, 6.45) is 0.590. The number of hydrogen-bond donors (Lipinski definition) is 1. The van der Waals surface area contributed by atoms with Gasteiger partial charge in [0, 0.05) is 26.1 Å². The van der Waals surface area contributed by atoms with Crippen LogP contribution in [0.25, 0.3) is 0 Å². The Morgan fingerprint density at radius 1 is 1.12 bits per heavy atom. The Hall–Kier alpha value is -3.31. The second-order valence-electron chi connectivity index (χ2n) is 7.57. The van der Waals surface area contributed by atoms with E-state index in [-0.39, 0.29) is 28.0 Å². The van der Waals surface area contributed by atoms with E-state index in [9.17, 15) is 18.0 Å². The lowest BCUT2D eigenvalue weighted by Crippen LogP contribution is -2.23. The molecule has 3 rings (SSSR count). The Labute approximate surface area is 192 Å². The Morgan fingerprint density at radius 3 is 2.45 bits per heavy atom. The lowest BCUT2D eigenvalue weighted by molar-refractivity contribution is -0.119. The molecule has 0 saturated carbocycles. The van der Waals surface area contributed by atoms with Crippen LogP contribution < -0.4 is 19.5 Å². The van der Waals surface area contributed by atoms with Gasteiger partial charge < -0.3 is 24.3 Å². The fraction of sp³-hybridized carbons (Fsp3) is 0.364. The van der Waals surface area contributed by atoms with Crippen molar-refractivity contribution in [3.63, 3.8) is 0 Å². The van der Waals surface area contributed by atoms with Gasteiger partial charge in [-0.05, 0) is 37.3 Å². The molecule has 10 nitrogen and oxygen atoms in total. The Balaban J connectivity index is 1.71. The summed E-state index contributed by atoms with van der Waals surface area (Å²) in [6, 6.07) is 7.23. The molecule has 11 heteroatoms. The molecule has 33 heavy (non-hydrogen) atoms. The highest BCUT2D eigenvalue weighted by molar-refractivity contribution is 7.89. The van der Waals surface area contributed by atoms with Crippen molar-refractivity contribution in [1.29, 1.82) is 0 Å². The molecule has 0 aliphatic carbocycles. The van der Waals surface area contributed by atoms with Gasteiger partial charge in [-0.15, -0.1) is 0 Å². The summed E-state index contributed by atoms with van der Waals surface area (Å²) in [5, 5.41) is 2.52. The number of esters is 1. The number of carbonyl (C=O) groups is 2. The second kappa shape index (κ2) is 9.67. The lowest BCUT2D eigenvalue weighted by Gasteiger charge is -2.15. The van der Waals surface area contributed by atoms with Crippen LogP contribution in [0.1, 0.15) is 22.8 Å². The number of hydrogen-bond acceptors (Lipinski definition) is 8. The van der Waals surface area contributed by atoms with Crippen LogP contribution >= 0.6 is 0 Å². The molecule has 0 aromatic heterocycles. The zero-order chi connectivity index (χ0) is 24.3. The van der Waals surface area contributed by atoms with Crippen molar-refractivity contribution >= 4 is 27.6 Å². The first-order chi connectivity index (χ1) is 15.6. The maximum atomic E-state index is 12.5. The number of sulfonamides is 1. The molecule has 1 aliphatic heterocycles. The topological polar surface area (TPSA) is 120 Å². The molecule has 1 heterocycles. The molecular weight excluding hydrogens is 452 g/mol. The third-order valence-electron chi connectivity index (χ3n) is 4.97. The van der Waals surface area contributed by atoms with Gasteiger partial charge >= 0.3 is 5.97 Å². The monoisotopic (exact) mass is 478 g/mol. The van der Waals surface area contributed by atoms with E-state index in [2.05, 4.69) is 5.32 Å². The molecule has 0 bridgehead atoms. The van der Waals surface area contributed by atoms with Gasteiger partial charge in [0.25, 0.3) is 5.91 Å². The average molecular weight is 479 g/mol. The summed E-state index contributed by atoms with van der Waals surface area (Å²) >= 11 is 0. The summed E-state index contributed by atoms with van der Waals surface area (Å²) < 4.78 is 47.1. The normalized spacial score (nSPS) is 14.9. The predicted molar refractivity (Wildman–Crippen MR) is 120 cm³/mol. The zero-order valence-corrected chi connectivity index (χ0v) is 19.8. The molecule has 1 aliphatic rings. The minimum absolute atomic E-state index is 0.0257. The van der Waals surface area contributed by atoms with Gasteiger partial charge in [-0.25, -0.2) is 17.5 Å². The van der Waals surface area contributed by atoms with Crippen LogP contribution in [0, 0.1) is 0 Å². The van der Waals surface area contributed by atoms with Gasteiger partial charge in [-0.2, -0.15) is 0 Å². The minimum Gasteiger partial charge on any atom is -0.495 e. The number of anilines is 1. The third-order valence-corrected chi connectivity index (χ3v) is 6.78. The van der Waals surface area contributed by atoms with Crippen LogP contribution in [0.4, 0.5) is 5.69 Å². The van der Waals surface area contributed by atoms with E-state index in [1.807, 2.05) is 6.92 Å². The Bertz CT molecular complexity index is 1180. The largest absolute Gasteiger partial charge is 0.495 e. The quantitative estimate of drug-likeness (QED) is 0.573. The van der Waals surface area contributed by atoms with E-state index < -0.39 is 28.5 Å². The first-order valence-corrected chi connectivity index (χ1v) is 11.5. The Kier molecular flexibility index (Phi) is 7.13. The van der Waals surface area contributed by atoms with Crippen molar-refractivity contribution in [2.24, 2.45) is 0 Å². The van der Waals surface area contributed by atoms with E-state index in [1.54, 1.807) is 6.07 Å². The number of nitrogens with zero attached hydrogens (tertiary/aromatic N) is 1. The standard InChI is InChI=1S/C22H26N2O8S/c1-13-8-14-9-15(10-19(30-5)21(14)32-13)22(26)31-12-20(25)23-17-11-16(6-7-18(17)29-4)33(27,28)24(2)3/h6-7,9-11,13H,8,12H2,1-5H3,(H,23,25). The van der Waals surface area contributed by atoms with E-state index >= 15 is 0 Å². The highest BCUT2D eigenvalue weighted by atomic mass is 32.2. The van der Waals surface area contributed by atoms with Crippen molar-refractivity contribution in [2.45, 2.75) is 24.3 Å². The fourth-order valence-electron chi connectivity index (χ4n) is 3.32. The molecular formula is C22H26N2O8S. The second-order valence-corrected chi connectivity index (χ2v) is 9.73. The fourth-order valence-corrected chi connectivity index (χ4v) is 4.25. The van der Waals surface area contributed by atoms with E-state index in [4.69, 9.17) is 18.9 Å². The summed E-state index contributed by atoms with van der Waals surface area (Å²) in [5.41, 5.74) is 1.18. The molecule has 1 N–H and O–H groups in total. The van der Waals surface area contributed by atoms with Crippen molar-refractivity contribution in [2.75, 3.05) is 40.2 Å².